The maximum atomic E-state index is 11.3. The lowest BCUT2D eigenvalue weighted by Gasteiger charge is -2.03. The number of rotatable bonds is 3. The molecule has 0 aliphatic heterocycles. The third-order valence-electron chi connectivity index (χ3n) is 2.39. The second kappa shape index (κ2) is 4.39. The summed E-state index contributed by atoms with van der Waals surface area (Å²) in [7, 11) is -3.43. The van der Waals surface area contributed by atoms with Crippen molar-refractivity contribution in [1.29, 1.82) is 0 Å². The first kappa shape index (κ1) is 13.1. The average Bonchev–Trinajstić information content (AvgIpc) is 2.76. The average molecular weight is 283 g/mol. The molecule has 0 saturated heterocycles. The molecular formula is C11H9NO6S. The summed E-state index contributed by atoms with van der Waals surface area (Å²) in [6.45, 7) is 0. The molecule has 7 nitrogen and oxygen atoms in total. The molecule has 2 N–H and O–H groups in total. The van der Waals surface area contributed by atoms with E-state index in [2.05, 4.69) is 9.68 Å². The van der Waals surface area contributed by atoms with E-state index in [1.807, 2.05) is 0 Å². The molecule has 2 rings (SSSR count). The first-order chi connectivity index (χ1) is 8.79. The fourth-order valence-electron chi connectivity index (χ4n) is 1.46. The van der Waals surface area contributed by atoms with E-state index in [-0.39, 0.29) is 27.7 Å². The van der Waals surface area contributed by atoms with Gasteiger partial charge in [0, 0.05) is 17.9 Å². The van der Waals surface area contributed by atoms with E-state index in [0.717, 1.165) is 18.4 Å². The van der Waals surface area contributed by atoms with E-state index in [1.54, 1.807) is 0 Å². The minimum Gasteiger partial charge on any atom is -0.507 e. The first-order valence-corrected chi connectivity index (χ1v) is 6.91. The number of phenols is 1. The van der Waals surface area contributed by atoms with Crippen LogP contribution >= 0.6 is 0 Å². The van der Waals surface area contributed by atoms with E-state index in [0.29, 0.717) is 0 Å². The smallest absolute Gasteiger partial charge is 0.374 e. The van der Waals surface area contributed by atoms with Crippen molar-refractivity contribution >= 4 is 15.8 Å². The monoisotopic (exact) mass is 283 g/mol. The fraction of sp³-hybridized carbons (Fsp3) is 0.0909. The van der Waals surface area contributed by atoms with Crippen molar-refractivity contribution in [3.63, 3.8) is 0 Å². The Labute approximate surface area is 108 Å². The van der Waals surface area contributed by atoms with Gasteiger partial charge in [0.1, 0.15) is 11.4 Å². The zero-order valence-electron chi connectivity index (χ0n) is 9.69. The van der Waals surface area contributed by atoms with Gasteiger partial charge in [-0.1, -0.05) is 5.16 Å². The number of carbonyl (C=O) groups is 1. The standard InChI is InChI=1S/C11H9NO6S/c1-19(16,17)6-2-3-7(9(13)4-6)8-5-10(11(14)15)18-12-8/h2-5,13H,1H3,(H,14,15). The molecule has 0 fully saturated rings. The van der Waals surface area contributed by atoms with Gasteiger partial charge in [-0.25, -0.2) is 13.2 Å². The minimum atomic E-state index is -3.43. The minimum absolute atomic E-state index is 0.0456. The molecule has 0 radical (unpaired) electrons. The molecule has 0 amide bonds. The molecule has 0 atom stereocenters. The number of benzene rings is 1. The molecule has 0 aliphatic carbocycles. The maximum absolute atomic E-state index is 11.3. The summed E-state index contributed by atoms with van der Waals surface area (Å²) in [5.41, 5.74) is 0.290. The Balaban J connectivity index is 2.49. The number of sulfone groups is 1. The van der Waals surface area contributed by atoms with E-state index in [9.17, 15) is 18.3 Å². The van der Waals surface area contributed by atoms with Gasteiger partial charge in [0.15, 0.2) is 9.84 Å². The van der Waals surface area contributed by atoms with Crippen LogP contribution < -0.4 is 0 Å². The van der Waals surface area contributed by atoms with E-state index < -0.39 is 15.8 Å². The van der Waals surface area contributed by atoms with Crippen molar-refractivity contribution in [2.45, 2.75) is 4.90 Å². The number of aromatic nitrogens is 1. The summed E-state index contributed by atoms with van der Waals surface area (Å²) in [6.07, 6.45) is 1.01. The highest BCUT2D eigenvalue weighted by Gasteiger charge is 2.16. The number of hydrogen-bond acceptors (Lipinski definition) is 6. The van der Waals surface area contributed by atoms with Crippen LogP contribution in [-0.4, -0.2) is 36.0 Å². The van der Waals surface area contributed by atoms with E-state index in [1.165, 1.54) is 12.1 Å². The Morgan fingerprint density at radius 1 is 1.32 bits per heavy atom. The Hall–Kier alpha value is -2.35. The molecular weight excluding hydrogens is 274 g/mol. The van der Waals surface area contributed by atoms with Crippen molar-refractivity contribution in [1.82, 2.24) is 5.16 Å². The van der Waals surface area contributed by atoms with Crippen LogP contribution in [0.3, 0.4) is 0 Å². The third-order valence-corrected chi connectivity index (χ3v) is 3.50. The molecule has 0 aliphatic rings. The zero-order valence-corrected chi connectivity index (χ0v) is 10.5. The number of nitrogens with zero attached hydrogens (tertiary/aromatic N) is 1. The van der Waals surface area contributed by atoms with Crippen LogP contribution in [0.15, 0.2) is 33.7 Å². The quantitative estimate of drug-likeness (QED) is 0.867. The summed E-state index contributed by atoms with van der Waals surface area (Å²) in [5, 5.41) is 21.9. The molecule has 1 heterocycles. The van der Waals surface area contributed by atoms with Gasteiger partial charge in [0.25, 0.3) is 0 Å². The Kier molecular flexibility index (Phi) is 3.03. The van der Waals surface area contributed by atoms with Gasteiger partial charge in [0.2, 0.25) is 5.76 Å². The lowest BCUT2D eigenvalue weighted by molar-refractivity contribution is 0.0652. The summed E-state index contributed by atoms with van der Waals surface area (Å²) in [4.78, 5) is 10.6. The van der Waals surface area contributed by atoms with Crippen LogP contribution in [-0.2, 0) is 9.84 Å². The van der Waals surface area contributed by atoms with Gasteiger partial charge in [0.05, 0.1) is 4.90 Å². The topological polar surface area (TPSA) is 118 Å². The molecule has 19 heavy (non-hydrogen) atoms. The molecule has 2 aromatic rings. The Bertz CT molecular complexity index is 746. The zero-order chi connectivity index (χ0) is 14.2. The van der Waals surface area contributed by atoms with Crippen molar-refractivity contribution in [2.24, 2.45) is 0 Å². The highest BCUT2D eigenvalue weighted by atomic mass is 32.2. The van der Waals surface area contributed by atoms with Gasteiger partial charge in [-0.05, 0) is 18.2 Å². The van der Waals surface area contributed by atoms with Gasteiger partial charge in [-0.2, -0.15) is 0 Å². The molecule has 8 heteroatoms. The summed E-state index contributed by atoms with van der Waals surface area (Å²) < 4.78 is 27.2. The third kappa shape index (κ3) is 2.58. The Morgan fingerprint density at radius 3 is 2.47 bits per heavy atom. The van der Waals surface area contributed by atoms with Gasteiger partial charge in [-0.3, -0.25) is 0 Å². The van der Waals surface area contributed by atoms with Crippen LogP contribution in [0.5, 0.6) is 5.75 Å². The number of phenolic OH excluding ortho intramolecular Hbond substituents is 1. The number of hydrogen-bond donors (Lipinski definition) is 2. The molecule has 100 valence electrons. The molecule has 0 spiro atoms. The molecule has 1 aromatic carbocycles. The molecule has 0 bridgehead atoms. The second-order valence-corrected chi connectivity index (χ2v) is 5.85. The van der Waals surface area contributed by atoms with Crippen LogP contribution in [0.2, 0.25) is 0 Å². The van der Waals surface area contributed by atoms with Crippen LogP contribution in [0, 0.1) is 0 Å². The summed E-state index contributed by atoms with van der Waals surface area (Å²) in [5.74, 6) is -1.99. The predicted molar refractivity (Wildman–Crippen MR) is 63.7 cm³/mol. The van der Waals surface area contributed by atoms with Crippen molar-refractivity contribution < 1.29 is 27.9 Å². The van der Waals surface area contributed by atoms with Crippen LogP contribution in [0.25, 0.3) is 11.3 Å². The predicted octanol–water partition coefficient (Wildman–Crippen LogP) is 1.15. The molecule has 0 saturated carbocycles. The second-order valence-electron chi connectivity index (χ2n) is 3.83. The SMILES string of the molecule is CS(=O)(=O)c1ccc(-c2cc(C(=O)O)on2)c(O)c1. The van der Waals surface area contributed by atoms with Gasteiger partial charge >= 0.3 is 5.97 Å². The number of aromatic hydroxyl groups is 1. The van der Waals surface area contributed by atoms with Gasteiger partial charge < -0.3 is 14.7 Å². The highest BCUT2D eigenvalue weighted by molar-refractivity contribution is 7.90. The van der Waals surface area contributed by atoms with Crippen LogP contribution in [0.1, 0.15) is 10.6 Å². The normalized spacial score (nSPS) is 11.4. The van der Waals surface area contributed by atoms with E-state index in [4.69, 9.17) is 5.11 Å². The van der Waals surface area contributed by atoms with Crippen LogP contribution in [0.4, 0.5) is 0 Å². The van der Waals surface area contributed by atoms with Crippen molar-refractivity contribution in [2.75, 3.05) is 6.26 Å². The van der Waals surface area contributed by atoms with Crippen molar-refractivity contribution in [3.8, 4) is 17.0 Å². The first-order valence-electron chi connectivity index (χ1n) is 5.02. The molecule has 1 aromatic heterocycles. The van der Waals surface area contributed by atoms with E-state index >= 15 is 0 Å². The van der Waals surface area contributed by atoms with Crippen molar-refractivity contribution in [3.05, 3.63) is 30.0 Å². The largest absolute Gasteiger partial charge is 0.507 e. The molecule has 0 unspecified atom stereocenters. The number of carboxylic acids is 1. The lowest BCUT2D eigenvalue weighted by atomic mass is 10.1. The number of carboxylic acid groups (broad SMARTS) is 1. The highest BCUT2D eigenvalue weighted by Crippen LogP contribution is 2.30. The number of aromatic carboxylic acids is 1. The lowest BCUT2D eigenvalue weighted by Crippen LogP contribution is -1.96. The summed E-state index contributed by atoms with van der Waals surface area (Å²) in [6, 6.07) is 4.83. The van der Waals surface area contributed by atoms with Gasteiger partial charge in [-0.15, -0.1) is 0 Å². The summed E-state index contributed by atoms with van der Waals surface area (Å²) >= 11 is 0. The fourth-order valence-corrected chi connectivity index (χ4v) is 2.10. The Morgan fingerprint density at radius 2 is 2.00 bits per heavy atom. The maximum Gasteiger partial charge on any atom is 0.374 e.